The zero-order valence-corrected chi connectivity index (χ0v) is 10.2. The molecular formula is C14H12O5. The highest BCUT2D eigenvalue weighted by molar-refractivity contribution is 6.06. The zero-order valence-electron chi connectivity index (χ0n) is 10.2. The average molecular weight is 260 g/mol. The maximum absolute atomic E-state index is 11.4. The minimum atomic E-state index is -1.15. The molecule has 0 bridgehead atoms. The van der Waals surface area contributed by atoms with E-state index in [0.717, 1.165) is 5.39 Å². The number of carbonyl (C=O) groups is 2. The smallest absolute Gasteiger partial charge is 0.344 e. The summed E-state index contributed by atoms with van der Waals surface area (Å²) in [6, 6.07) is 10.1. The van der Waals surface area contributed by atoms with E-state index < -0.39 is 18.0 Å². The second-order valence-corrected chi connectivity index (χ2v) is 4.06. The van der Waals surface area contributed by atoms with Crippen molar-refractivity contribution in [2.75, 3.05) is 0 Å². The van der Waals surface area contributed by atoms with Gasteiger partial charge in [0.25, 0.3) is 0 Å². The Kier molecular flexibility index (Phi) is 3.37. The minimum absolute atomic E-state index is 0.0220. The predicted molar refractivity (Wildman–Crippen MR) is 68.6 cm³/mol. The van der Waals surface area contributed by atoms with Crippen molar-refractivity contribution >= 4 is 22.7 Å². The van der Waals surface area contributed by atoms with Crippen molar-refractivity contribution in [3.05, 3.63) is 42.0 Å². The molecule has 0 amide bonds. The summed E-state index contributed by atoms with van der Waals surface area (Å²) in [6.07, 6.45) is -1.11. The van der Waals surface area contributed by atoms with E-state index in [9.17, 15) is 14.7 Å². The van der Waals surface area contributed by atoms with Crippen LogP contribution in [0.1, 0.15) is 17.3 Å². The van der Waals surface area contributed by atoms with Gasteiger partial charge in [-0.2, -0.15) is 0 Å². The Balaban J connectivity index is 2.58. The molecule has 0 radical (unpaired) electrons. The van der Waals surface area contributed by atoms with Gasteiger partial charge >= 0.3 is 11.9 Å². The van der Waals surface area contributed by atoms with Crippen LogP contribution >= 0.6 is 0 Å². The summed E-state index contributed by atoms with van der Waals surface area (Å²) in [7, 11) is 0. The van der Waals surface area contributed by atoms with Crippen LogP contribution in [-0.4, -0.2) is 28.3 Å². The lowest BCUT2D eigenvalue weighted by molar-refractivity contribution is -0.144. The fourth-order valence-corrected chi connectivity index (χ4v) is 1.81. The molecule has 0 heterocycles. The summed E-state index contributed by atoms with van der Waals surface area (Å²) in [6.45, 7) is 1.35. The Hall–Kier alpha value is -2.56. The molecule has 2 aromatic carbocycles. The molecule has 0 aliphatic heterocycles. The highest BCUT2D eigenvalue weighted by Gasteiger charge is 2.20. The summed E-state index contributed by atoms with van der Waals surface area (Å²) in [5.74, 6) is -2.24. The lowest BCUT2D eigenvalue weighted by atomic mass is 10.0. The number of fused-ring (bicyclic) bond motifs is 1. The first kappa shape index (κ1) is 12.9. The van der Waals surface area contributed by atoms with E-state index in [0.29, 0.717) is 5.39 Å². The van der Waals surface area contributed by atoms with E-state index >= 15 is 0 Å². The van der Waals surface area contributed by atoms with Gasteiger partial charge in [0.2, 0.25) is 0 Å². The maximum atomic E-state index is 11.4. The van der Waals surface area contributed by atoms with Gasteiger partial charge in [0, 0.05) is 0 Å². The first-order valence-corrected chi connectivity index (χ1v) is 5.65. The van der Waals surface area contributed by atoms with Gasteiger partial charge in [0.1, 0.15) is 11.3 Å². The Labute approximate surface area is 109 Å². The third-order valence-electron chi connectivity index (χ3n) is 2.76. The predicted octanol–water partition coefficient (Wildman–Crippen LogP) is 2.39. The van der Waals surface area contributed by atoms with Crippen LogP contribution in [0.4, 0.5) is 0 Å². The third kappa shape index (κ3) is 2.49. The number of rotatable bonds is 4. The third-order valence-corrected chi connectivity index (χ3v) is 2.76. The van der Waals surface area contributed by atoms with Gasteiger partial charge in [0.15, 0.2) is 6.10 Å². The average Bonchev–Trinajstić information content (AvgIpc) is 2.37. The van der Waals surface area contributed by atoms with Crippen LogP contribution in [0, 0.1) is 0 Å². The van der Waals surface area contributed by atoms with Crippen molar-refractivity contribution in [3.8, 4) is 5.75 Å². The second-order valence-electron chi connectivity index (χ2n) is 4.06. The SMILES string of the molecule is CC(Oc1ccc2ccccc2c1C(=O)O)C(=O)O. The van der Waals surface area contributed by atoms with Crippen molar-refractivity contribution in [2.24, 2.45) is 0 Å². The van der Waals surface area contributed by atoms with Crippen LogP contribution in [-0.2, 0) is 4.79 Å². The lowest BCUT2D eigenvalue weighted by Gasteiger charge is -2.14. The molecule has 98 valence electrons. The van der Waals surface area contributed by atoms with Gasteiger partial charge in [-0.15, -0.1) is 0 Å². The number of carboxylic acid groups (broad SMARTS) is 2. The normalized spacial score (nSPS) is 12.1. The van der Waals surface area contributed by atoms with Gasteiger partial charge in [-0.25, -0.2) is 9.59 Å². The maximum Gasteiger partial charge on any atom is 0.344 e. The molecular weight excluding hydrogens is 248 g/mol. The highest BCUT2D eigenvalue weighted by Crippen LogP contribution is 2.28. The summed E-state index contributed by atoms with van der Waals surface area (Å²) < 4.78 is 5.20. The lowest BCUT2D eigenvalue weighted by Crippen LogP contribution is -2.23. The second kappa shape index (κ2) is 4.97. The van der Waals surface area contributed by atoms with E-state index in [4.69, 9.17) is 9.84 Å². The number of benzene rings is 2. The van der Waals surface area contributed by atoms with Crippen LogP contribution in [0.2, 0.25) is 0 Å². The van der Waals surface area contributed by atoms with Crippen LogP contribution < -0.4 is 4.74 Å². The molecule has 5 heteroatoms. The Morgan fingerprint density at radius 2 is 1.79 bits per heavy atom. The molecule has 1 atom stereocenters. The van der Waals surface area contributed by atoms with Crippen LogP contribution in [0.3, 0.4) is 0 Å². The molecule has 0 saturated heterocycles. The molecule has 2 aromatic rings. The number of aromatic carboxylic acids is 1. The van der Waals surface area contributed by atoms with E-state index in [2.05, 4.69) is 0 Å². The number of hydrogen-bond donors (Lipinski definition) is 2. The van der Waals surface area contributed by atoms with Gasteiger partial charge < -0.3 is 14.9 Å². The molecule has 0 spiro atoms. The fourth-order valence-electron chi connectivity index (χ4n) is 1.81. The van der Waals surface area contributed by atoms with E-state index in [1.54, 1.807) is 30.3 Å². The van der Waals surface area contributed by atoms with Crippen molar-refractivity contribution in [2.45, 2.75) is 13.0 Å². The molecule has 0 saturated carbocycles. The molecule has 0 fully saturated rings. The summed E-state index contributed by atoms with van der Waals surface area (Å²) in [4.78, 5) is 22.1. The van der Waals surface area contributed by atoms with E-state index in [1.807, 2.05) is 0 Å². The van der Waals surface area contributed by atoms with E-state index in [-0.39, 0.29) is 11.3 Å². The van der Waals surface area contributed by atoms with Crippen molar-refractivity contribution in [3.63, 3.8) is 0 Å². The van der Waals surface area contributed by atoms with Gasteiger partial charge in [0.05, 0.1) is 0 Å². The monoisotopic (exact) mass is 260 g/mol. The Morgan fingerprint density at radius 1 is 1.11 bits per heavy atom. The van der Waals surface area contributed by atoms with Crippen molar-refractivity contribution in [1.82, 2.24) is 0 Å². The molecule has 0 aromatic heterocycles. The number of carboxylic acids is 2. The quantitative estimate of drug-likeness (QED) is 0.881. The minimum Gasteiger partial charge on any atom is -0.479 e. The topological polar surface area (TPSA) is 83.8 Å². The molecule has 5 nitrogen and oxygen atoms in total. The number of hydrogen-bond acceptors (Lipinski definition) is 3. The summed E-state index contributed by atoms with van der Waals surface area (Å²) >= 11 is 0. The summed E-state index contributed by atoms with van der Waals surface area (Å²) in [5.41, 5.74) is -0.0220. The number of aliphatic carboxylic acids is 1. The van der Waals surface area contributed by atoms with Crippen molar-refractivity contribution < 1.29 is 24.5 Å². The molecule has 2 rings (SSSR count). The Morgan fingerprint density at radius 3 is 2.42 bits per heavy atom. The highest BCUT2D eigenvalue weighted by atomic mass is 16.5. The van der Waals surface area contributed by atoms with Gasteiger partial charge in [-0.3, -0.25) is 0 Å². The molecule has 19 heavy (non-hydrogen) atoms. The number of ether oxygens (including phenoxy) is 1. The largest absolute Gasteiger partial charge is 0.479 e. The van der Waals surface area contributed by atoms with Gasteiger partial charge in [-0.1, -0.05) is 30.3 Å². The molecule has 2 N–H and O–H groups in total. The fraction of sp³-hybridized carbons (Fsp3) is 0.143. The first-order valence-electron chi connectivity index (χ1n) is 5.65. The van der Waals surface area contributed by atoms with Gasteiger partial charge in [-0.05, 0) is 23.8 Å². The molecule has 0 aliphatic carbocycles. The molecule has 1 unspecified atom stereocenters. The zero-order chi connectivity index (χ0) is 14.0. The van der Waals surface area contributed by atoms with Crippen LogP contribution in [0.15, 0.2) is 36.4 Å². The molecule has 0 aliphatic rings. The van der Waals surface area contributed by atoms with E-state index in [1.165, 1.54) is 13.0 Å². The van der Waals surface area contributed by atoms with Crippen LogP contribution in [0.25, 0.3) is 10.8 Å². The van der Waals surface area contributed by atoms with Crippen LogP contribution in [0.5, 0.6) is 5.75 Å². The standard InChI is InChI=1S/C14H12O5/c1-8(13(15)16)19-11-7-6-9-4-2-3-5-10(9)12(11)14(17)18/h2-8H,1H3,(H,15,16)(H,17,18). The summed E-state index contributed by atoms with van der Waals surface area (Å²) in [5, 5.41) is 19.4. The Bertz CT molecular complexity index is 647. The van der Waals surface area contributed by atoms with Crippen molar-refractivity contribution in [1.29, 1.82) is 0 Å². The first-order chi connectivity index (χ1) is 9.00.